The van der Waals surface area contributed by atoms with Gasteiger partial charge in [-0.3, -0.25) is 0 Å². The van der Waals surface area contributed by atoms with Crippen LogP contribution < -0.4 is 5.32 Å². The van der Waals surface area contributed by atoms with Gasteiger partial charge >= 0.3 is 0 Å². The first-order valence-corrected chi connectivity index (χ1v) is 3.98. The maximum Gasteiger partial charge on any atom is 0.109 e. The van der Waals surface area contributed by atoms with E-state index in [2.05, 4.69) is 18.3 Å². The van der Waals surface area contributed by atoms with Crippen LogP contribution in [0.1, 0.15) is 18.5 Å². The van der Waals surface area contributed by atoms with Crippen molar-refractivity contribution < 1.29 is 0 Å². The topological polar surface area (TPSA) is 40.8 Å². The van der Waals surface area contributed by atoms with Gasteiger partial charge in [0, 0.05) is 18.4 Å². The molecule has 0 bridgehead atoms. The van der Waals surface area contributed by atoms with Gasteiger partial charge in [0.25, 0.3) is 0 Å². The van der Waals surface area contributed by atoms with E-state index in [1.54, 1.807) is 0 Å². The number of aromatic nitrogens is 1. The summed E-state index contributed by atoms with van der Waals surface area (Å²) in [5.74, 6) is 0. The zero-order valence-electron chi connectivity index (χ0n) is 7.41. The summed E-state index contributed by atoms with van der Waals surface area (Å²) in [7, 11) is 1.92. The molecule has 0 spiro atoms. The van der Waals surface area contributed by atoms with Gasteiger partial charge in [-0.2, -0.15) is 5.26 Å². The predicted molar refractivity (Wildman–Crippen MR) is 47.5 cm³/mol. The van der Waals surface area contributed by atoms with Gasteiger partial charge in [-0.05, 0) is 25.6 Å². The Morgan fingerprint density at radius 2 is 2.50 bits per heavy atom. The molecule has 0 aliphatic heterocycles. The number of nitrogens with one attached hydrogen (secondary N) is 1. The van der Waals surface area contributed by atoms with Crippen LogP contribution in [0.2, 0.25) is 0 Å². The van der Waals surface area contributed by atoms with E-state index < -0.39 is 0 Å². The molecule has 0 aliphatic carbocycles. The summed E-state index contributed by atoms with van der Waals surface area (Å²) in [5.41, 5.74) is 1.22. The number of hydrogen-bond donors (Lipinski definition) is 1. The lowest BCUT2D eigenvalue weighted by Gasteiger charge is -2.06. The van der Waals surface area contributed by atoms with Gasteiger partial charge in [-0.25, -0.2) is 0 Å². The van der Waals surface area contributed by atoms with Gasteiger partial charge < -0.3 is 9.88 Å². The van der Waals surface area contributed by atoms with Crippen molar-refractivity contribution in [2.24, 2.45) is 0 Å². The van der Waals surface area contributed by atoms with Crippen LogP contribution in [0, 0.1) is 11.3 Å². The highest BCUT2D eigenvalue weighted by atomic mass is 14.9. The molecule has 0 aliphatic rings. The summed E-state index contributed by atoms with van der Waals surface area (Å²) in [4.78, 5) is 0. The number of nitrogens with zero attached hydrogens (tertiary/aromatic N) is 2. The zero-order chi connectivity index (χ0) is 8.97. The fourth-order valence-electron chi connectivity index (χ4n) is 1.06. The molecule has 0 amide bonds. The van der Waals surface area contributed by atoms with Crippen LogP contribution in [-0.2, 0) is 6.54 Å². The van der Waals surface area contributed by atoms with Gasteiger partial charge in [-0.15, -0.1) is 0 Å². The predicted octanol–water partition coefficient (Wildman–Crippen LogP) is 1.29. The Labute approximate surface area is 72.6 Å². The van der Waals surface area contributed by atoms with Crippen LogP contribution in [0.3, 0.4) is 0 Å². The third-order valence-corrected chi connectivity index (χ3v) is 1.96. The lowest BCUT2D eigenvalue weighted by Crippen LogP contribution is -2.11. The molecule has 1 unspecified atom stereocenters. The molecule has 12 heavy (non-hydrogen) atoms. The van der Waals surface area contributed by atoms with E-state index in [1.807, 2.05) is 30.1 Å². The first-order valence-electron chi connectivity index (χ1n) is 3.98. The SMILES string of the molecule is CNC(C)c1ccn(CC#N)c1. The second-order valence-corrected chi connectivity index (χ2v) is 2.79. The molecule has 1 N–H and O–H groups in total. The first kappa shape index (κ1) is 8.82. The van der Waals surface area contributed by atoms with Gasteiger partial charge in [0.2, 0.25) is 0 Å². The first-order chi connectivity index (χ1) is 5.77. The Morgan fingerprint density at radius 3 is 3.08 bits per heavy atom. The van der Waals surface area contributed by atoms with Crippen molar-refractivity contribution in [2.75, 3.05) is 7.05 Å². The second-order valence-electron chi connectivity index (χ2n) is 2.79. The van der Waals surface area contributed by atoms with Crippen LogP contribution in [0.4, 0.5) is 0 Å². The molecule has 0 aromatic carbocycles. The van der Waals surface area contributed by atoms with E-state index in [9.17, 15) is 0 Å². The number of hydrogen-bond acceptors (Lipinski definition) is 2. The van der Waals surface area contributed by atoms with Crippen molar-refractivity contribution in [3.8, 4) is 6.07 Å². The summed E-state index contributed by atoms with van der Waals surface area (Å²) in [5, 5.41) is 11.6. The molecule has 1 aromatic heterocycles. The van der Waals surface area contributed by atoms with Gasteiger partial charge in [-0.1, -0.05) is 0 Å². The van der Waals surface area contributed by atoms with Gasteiger partial charge in [0.05, 0.1) is 6.07 Å². The summed E-state index contributed by atoms with van der Waals surface area (Å²) >= 11 is 0. The summed E-state index contributed by atoms with van der Waals surface area (Å²) < 4.78 is 1.88. The molecule has 1 rings (SSSR count). The molecule has 0 radical (unpaired) electrons. The molecule has 0 fully saturated rings. The average molecular weight is 163 g/mol. The Balaban J connectivity index is 2.71. The lowest BCUT2D eigenvalue weighted by atomic mass is 10.2. The van der Waals surface area contributed by atoms with Gasteiger partial charge in [0.15, 0.2) is 0 Å². The molecule has 1 aromatic rings. The fraction of sp³-hybridized carbons (Fsp3) is 0.444. The van der Waals surface area contributed by atoms with E-state index in [4.69, 9.17) is 5.26 Å². The molecule has 0 saturated heterocycles. The smallest absolute Gasteiger partial charge is 0.109 e. The molecular formula is C9H13N3. The highest BCUT2D eigenvalue weighted by molar-refractivity contribution is 5.14. The van der Waals surface area contributed by atoms with Gasteiger partial charge in [0.1, 0.15) is 6.54 Å². The van der Waals surface area contributed by atoms with Crippen molar-refractivity contribution >= 4 is 0 Å². The fourth-order valence-corrected chi connectivity index (χ4v) is 1.06. The van der Waals surface area contributed by atoms with E-state index >= 15 is 0 Å². The molecule has 64 valence electrons. The monoisotopic (exact) mass is 163 g/mol. The van der Waals surface area contributed by atoms with E-state index in [1.165, 1.54) is 5.56 Å². The second kappa shape index (κ2) is 3.93. The van der Waals surface area contributed by atoms with Crippen LogP contribution in [0.25, 0.3) is 0 Å². The average Bonchev–Trinajstić information content (AvgIpc) is 2.52. The standard InChI is InChI=1S/C9H13N3/c1-8(11-2)9-3-5-12(7-9)6-4-10/h3,5,7-8,11H,6H2,1-2H3. The number of rotatable bonds is 3. The van der Waals surface area contributed by atoms with Crippen LogP contribution in [0.15, 0.2) is 18.5 Å². The quantitative estimate of drug-likeness (QED) is 0.729. The summed E-state index contributed by atoms with van der Waals surface area (Å²) in [6.07, 6.45) is 3.91. The van der Waals surface area contributed by atoms with Crippen molar-refractivity contribution in [2.45, 2.75) is 19.5 Å². The summed E-state index contributed by atoms with van der Waals surface area (Å²) in [6, 6.07) is 4.47. The largest absolute Gasteiger partial charge is 0.340 e. The summed E-state index contributed by atoms with van der Waals surface area (Å²) in [6.45, 7) is 2.52. The van der Waals surface area contributed by atoms with Crippen molar-refractivity contribution in [1.29, 1.82) is 5.26 Å². The third kappa shape index (κ3) is 1.86. The Kier molecular flexibility index (Phi) is 2.89. The molecule has 3 nitrogen and oxygen atoms in total. The molecule has 1 atom stereocenters. The molecule has 0 saturated carbocycles. The normalized spacial score (nSPS) is 12.4. The Bertz CT molecular complexity index is 282. The minimum absolute atomic E-state index is 0.352. The lowest BCUT2D eigenvalue weighted by molar-refractivity contribution is 0.650. The van der Waals surface area contributed by atoms with E-state index in [0.717, 1.165) is 0 Å². The van der Waals surface area contributed by atoms with Crippen LogP contribution in [-0.4, -0.2) is 11.6 Å². The highest BCUT2D eigenvalue weighted by Gasteiger charge is 2.02. The molecular weight excluding hydrogens is 150 g/mol. The Morgan fingerprint density at radius 1 is 1.75 bits per heavy atom. The minimum atomic E-state index is 0.352. The molecule has 1 heterocycles. The highest BCUT2D eigenvalue weighted by Crippen LogP contribution is 2.11. The molecule has 3 heteroatoms. The van der Waals surface area contributed by atoms with E-state index in [0.29, 0.717) is 12.6 Å². The van der Waals surface area contributed by atoms with Crippen molar-refractivity contribution in [3.05, 3.63) is 24.0 Å². The van der Waals surface area contributed by atoms with E-state index in [-0.39, 0.29) is 0 Å². The zero-order valence-corrected chi connectivity index (χ0v) is 7.41. The van der Waals surface area contributed by atoms with Crippen LogP contribution in [0.5, 0.6) is 0 Å². The Hall–Kier alpha value is -1.27. The maximum absolute atomic E-state index is 8.44. The maximum atomic E-state index is 8.44. The third-order valence-electron chi connectivity index (χ3n) is 1.96. The van der Waals surface area contributed by atoms with Crippen molar-refractivity contribution in [3.63, 3.8) is 0 Å². The number of nitriles is 1. The minimum Gasteiger partial charge on any atom is -0.340 e. The van der Waals surface area contributed by atoms with Crippen molar-refractivity contribution in [1.82, 2.24) is 9.88 Å². The van der Waals surface area contributed by atoms with Crippen LogP contribution >= 0.6 is 0 Å².